The Morgan fingerprint density at radius 3 is 2.30 bits per heavy atom. The Balaban J connectivity index is 2.93. The predicted molar refractivity (Wildman–Crippen MR) is 79.1 cm³/mol. The van der Waals surface area contributed by atoms with E-state index < -0.39 is 16.1 Å². The van der Waals surface area contributed by atoms with Gasteiger partial charge < -0.3 is 10.1 Å². The Labute approximate surface area is 127 Å². The van der Waals surface area contributed by atoms with Crippen molar-refractivity contribution in [3.8, 4) is 0 Å². The summed E-state index contributed by atoms with van der Waals surface area (Å²) in [4.78, 5) is 10.9. The standard InChI is InChI=1S/C11H14Cl2N2O4S/c1-19-11(16)14-3-4-15(20(2,17)18)10-6-8(12)5-9(13)7-10/h5-7H,3-4H2,1-2H3,(H,14,16). The maximum Gasteiger partial charge on any atom is 0.406 e. The molecule has 1 rings (SSSR count). The fraction of sp³-hybridized carbons (Fsp3) is 0.364. The van der Waals surface area contributed by atoms with E-state index in [1.54, 1.807) is 0 Å². The first-order valence-electron chi connectivity index (χ1n) is 5.49. The number of sulfonamides is 1. The Morgan fingerprint density at radius 2 is 1.85 bits per heavy atom. The van der Waals surface area contributed by atoms with Crippen LogP contribution in [-0.2, 0) is 14.8 Å². The number of amides is 1. The second-order valence-electron chi connectivity index (χ2n) is 3.88. The lowest BCUT2D eigenvalue weighted by atomic mass is 10.3. The highest BCUT2D eigenvalue weighted by Gasteiger charge is 2.18. The molecule has 1 aromatic rings. The number of halogens is 2. The topological polar surface area (TPSA) is 75.7 Å². The van der Waals surface area contributed by atoms with E-state index in [1.165, 1.54) is 25.3 Å². The number of hydrogen-bond donors (Lipinski definition) is 1. The van der Waals surface area contributed by atoms with Gasteiger partial charge in [0, 0.05) is 16.6 Å². The largest absolute Gasteiger partial charge is 0.453 e. The van der Waals surface area contributed by atoms with Crippen LogP contribution in [0.1, 0.15) is 0 Å². The average molecular weight is 341 g/mol. The van der Waals surface area contributed by atoms with Gasteiger partial charge in [-0.3, -0.25) is 4.31 Å². The zero-order valence-corrected chi connectivity index (χ0v) is 13.2. The van der Waals surface area contributed by atoms with Gasteiger partial charge >= 0.3 is 6.09 Å². The second kappa shape index (κ2) is 7.01. The highest BCUT2D eigenvalue weighted by Crippen LogP contribution is 2.26. The molecule has 0 aliphatic rings. The summed E-state index contributed by atoms with van der Waals surface area (Å²) >= 11 is 11.7. The molecule has 0 heterocycles. The van der Waals surface area contributed by atoms with Crippen molar-refractivity contribution in [2.24, 2.45) is 0 Å². The van der Waals surface area contributed by atoms with E-state index >= 15 is 0 Å². The van der Waals surface area contributed by atoms with Crippen molar-refractivity contribution < 1.29 is 17.9 Å². The summed E-state index contributed by atoms with van der Waals surface area (Å²) in [6.07, 6.45) is 0.419. The number of nitrogens with one attached hydrogen (secondary N) is 1. The first-order valence-corrected chi connectivity index (χ1v) is 8.10. The van der Waals surface area contributed by atoms with Crippen LogP contribution in [0.15, 0.2) is 18.2 Å². The number of methoxy groups -OCH3 is 1. The normalized spacial score (nSPS) is 11.0. The lowest BCUT2D eigenvalue weighted by molar-refractivity contribution is 0.171. The van der Waals surface area contributed by atoms with Gasteiger partial charge in [0.15, 0.2) is 0 Å². The fourth-order valence-corrected chi connectivity index (χ4v) is 2.93. The maximum atomic E-state index is 11.8. The van der Waals surface area contributed by atoms with Crippen LogP contribution in [0.5, 0.6) is 0 Å². The molecule has 0 radical (unpaired) electrons. The van der Waals surface area contributed by atoms with Crippen molar-refractivity contribution in [1.82, 2.24) is 5.32 Å². The number of carbonyl (C=O) groups is 1. The first-order chi connectivity index (χ1) is 9.24. The van der Waals surface area contributed by atoms with Gasteiger partial charge in [0.2, 0.25) is 10.0 Å². The molecule has 0 saturated heterocycles. The molecule has 0 spiro atoms. The van der Waals surface area contributed by atoms with E-state index in [4.69, 9.17) is 23.2 Å². The number of anilines is 1. The smallest absolute Gasteiger partial charge is 0.406 e. The Hall–Kier alpha value is -1.18. The van der Waals surface area contributed by atoms with Gasteiger partial charge in [-0.15, -0.1) is 0 Å². The van der Waals surface area contributed by atoms with Crippen LogP contribution >= 0.6 is 23.2 Å². The van der Waals surface area contributed by atoms with Crippen molar-refractivity contribution >= 4 is 45.0 Å². The SMILES string of the molecule is COC(=O)NCCN(c1cc(Cl)cc(Cl)c1)S(C)(=O)=O. The third-order valence-electron chi connectivity index (χ3n) is 2.31. The van der Waals surface area contributed by atoms with Crippen molar-refractivity contribution in [3.63, 3.8) is 0 Å². The minimum Gasteiger partial charge on any atom is -0.453 e. The Bertz CT molecular complexity index is 572. The van der Waals surface area contributed by atoms with Crippen LogP contribution in [0.2, 0.25) is 10.0 Å². The Kier molecular flexibility index (Phi) is 5.91. The zero-order chi connectivity index (χ0) is 15.3. The molecule has 0 unspecified atom stereocenters. The van der Waals surface area contributed by atoms with E-state index in [1.807, 2.05) is 0 Å². The quantitative estimate of drug-likeness (QED) is 0.890. The van der Waals surface area contributed by atoms with Crippen LogP contribution in [0.25, 0.3) is 0 Å². The van der Waals surface area contributed by atoms with Crippen LogP contribution in [0.3, 0.4) is 0 Å². The molecule has 0 aliphatic heterocycles. The van der Waals surface area contributed by atoms with E-state index in [-0.39, 0.29) is 13.1 Å². The fourth-order valence-electron chi connectivity index (χ4n) is 1.50. The monoisotopic (exact) mass is 340 g/mol. The third kappa shape index (κ3) is 5.07. The molecule has 0 atom stereocenters. The molecule has 1 amide bonds. The molecule has 20 heavy (non-hydrogen) atoms. The number of benzene rings is 1. The zero-order valence-electron chi connectivity index (χ0n) is 10.9. The van der Waals surface area contributed by atoms with Gasteiger partial charge in [0.25, 0.3) is 0 Å². The molecule has 112 valence electrons. The van der Waals surface area contributed by atoms with Gasteiger partial charge in [0.1, 0.15) is 0 Å². The summed E-state index contributed by atoms with van der Waals surface area (Å²) < 4.78 is 29.1. The minimum atomic E-state index is -3.53. The molecule has 0 aromatic heterocycles. The summed E-state index contributed by atoms with van der Waals surface area (Å²) in [5, 5.41) is 3.04. The van der Waals surface area contributed by atoms with Crippen LogP contribution < -0.4 is 9.62 Å². The lowest BCUT2D eigenvalue weighted by Crippen LogP contribution is -2.38. The molecular weight excluding hydrogens is 327 g/mol. The van der Waals surface area contributed by atoms with E-state index in [0.29, 0.717) is 15.7 Å². The minimum absolute atomic E-state index is 0.0323. The number of rotatable bonds is 5. The van der Waals surface area contributed by atoms with E-state index in [9.17, 15) is 13.2 Å². The Morgan fingerprint density at radius 1 is 1.30 bits per heavy atom. The summed E-state index contributed by atoms with van der Waals surface area (Å²) in [6, 6.07) is 4.46. The van der Waals surface area contributed by atoms with Gasteiger partial charge in [0.05, 0.1) is 25.6 Å². The van der Waals surface area contributed by atoms with Crippen LogP contribution in [-0.4, -0.2) is 41.0 Å². The molecule has 0 bridgehead atoms. The van der Waals surface area contributed by atoms with Crippen molar-refractivity contribution in [3.05, 3.63) is 28.2 Å². The highest BCUT2D eigenvalue weighted by atomic mass is 35.5. The van der Waals surface area contributed by atoms with Crippen molar-refractivity contribution in [2.75, 3.05) is 30.8 Å². The van der Waals surface area contributed by atoms with Gasteiger partial charge in [-0.05, 0) is 18.2 Å². The molecule has 1 aromatic carbocycles. The first kappa shape index (κ1) is 16.9. The molecule has 0 aliphatic carbocycles. The number of alkyl carbamates (subject to hydrolysis) is 1. The summed E-state index contributed by atoms with van der Waals surface area (Å²) in [5.41, 5.74) is 0.330. The number of carbonyl (C=O) groups excluding carboxylic acids is 1. The number of ether oxygens (including phenoxy) is 1. The van der Waals surface area contributed by atoms with E-state index in [0.717, 1.165) is 10.6 Å². The predicted octanol–water partition coefficient (Wildman–Crippen LogP) is 2.12. The summed E-state index contributed by atoms with van der Waals surface area (Å²) in [7, 11) is -2.31. The molecule has 6 nitrogen and oxygen atoms in total. The van der Waals surface area contributed by atoms with Gasteiger partial charge in [-0.25, -0.2) is 13.2 Å². The summed E-state index contributed by atoms with van der Waals surface area (Å²) in [5.74, 6) is 0. The van der Waals surface area contributed by atoms with Crippen LogP contribution in [0.4, 0.5) is 10.5 Å². The maximum absolute atomic E-state index is 11.8. The number of hydrogen-bond acceptors (Lipinski definition) is 4. The number of nitrogens with zero attached hydrogens (tertiary/aromatic N) is 1. The molecular formula is C11H14Cl2N2O4S. The highest BCUT2D eigenvalue weighted by molar-refractivity contribution is 7.92. The van der Waals surface area contributed by atoms with Gasteiger partial charge in [-0.1, -0.05) is 23.2 Å². The lowest BCUT2D eigenvalue weighted by Gasteiger charge is -2.22. The van der Waals surface area contributed by atoms with Gasteiger partial charge in [-0.2, -0.15) is 0 Å². The summed E-state index contributed by atoms with van der Waals surface area (Å²) in [6.45, 7) is 0.120. The van der Waals surface area contributed by atoms with Crippen molar-refractivity contribution in [1.29, 1.82) is 0 Å². The molecule has 0 saturated carbocycles. The molecule has 0 fully saturated rings. The average Bonchev–Trinajstić information content (AvgIpc) is 2.31. The second-order valence-corrected chi connectivity index (χ2v) is 6.66. The van der Waals surface area contributed by atoms with E-state index in [2.05, 4.69) is 10.1 Å². The van der Waals surface area contributed by atoms with Crippen LogP contribution in [0, 0.1) is 0 Å². The third-order valence-corrected chi connectivity index (χ3v) is 3.94. The van der Waals surface area contributed by atoms with Crippen molar-refractivity contribution in [2.45, 2.75) is 0 Å². The molecule has 1 N–H and O–H groups in total. The molecule has 9 heteroatoms.